The fraction of sp³-hybridized carbons (Fsp3) is 0.364. The van der Waals surface area contributed by atoms with Crippen LogP contribution in [0.2, 0.25) is 0 Å². The number of nitrogens with one attached hydrogen (secondary N) is 2. The quantitative estimate of drug-likeness (QED) is 0.783. The summed E-state index contributed by atoms with van der Waals surface area (Å²) in [5.41, 5.74) is 2.73. The Balaban J connectivity index is 1.49. The van der Waals surface area contributed by atoms with Crippen molar-refractivity contribution in [3.8, 4) is 11.5 Å². The fourth-order valence-corrected chi connectivity index (χ4v) is 3.16. The van der Waals surface area contributed by atoms with Crippen molar-refractivity contribution in [2.24, 2.45) is 0 Å². The minimum Gasteiger partial charge on any atom is -0.486 e. The van der Waals surface area contributed by atoms with Crippen molar-refractivity contribution in [1.29, 1.82) is 0 Å². The van der Waals surface area contributed by atoms with Crippen LogP contribution in [0.5, 0.6) is 11.5 Å². The molecule has 154 valence electrons. The maximum atomic E-state index is 12.3. The number of ether oxygens (including phenoxy) is 2. The molecule has 1 aliphatic rings. The second-order valence-electron chi connectivity index (χ2n) is 7.08. The van der Waals surface area contributed by atoms with Crippen LogP contribution in [0, 0.1) is 13.8 Å². The molecule has 0 saturated carbocycles. The molecule has 1 heterocycles. The van der Waals surface area contributed by atoms with Crippen molar-refractivity contribution in [2.75, 3.05) is 31.6 Å². The maximum absolute atomic E-state index is 12.3. The molecule has 0 spiro atoms. The summed E-state index contributed by atoms with van der Waals surface area (Å²) >= 11 is 0. The number of para-hydroxylation sites is 2. The van der Waals surface area contributed by atoms with Gasteiger partial charge in [0.15, 0.2) is 11.5 Å². The number of likely N-dealkylation sites (N-methyl/N-ethyl adjacent to an activating group) is 1. The number of nitrogens with zero attached hydrogens (tertiary/aromatic N) is 1. The molecule has 3 rings (SSSR count). The van der Waals surface area contributed by atoms with Gasteiger partial charge in [-0.15, -0.1) is 0 Å². The minimum atomic E-state index is -0.536. The normalized spacial score (nSPS) is 15.1. The third-order valence-corrected chi connectivity index (χ3v) is 4.95. The highest BCUT2D eigenvalue weighted by atomic mass is 16.6. The molecule has 0 fully saturated rings. The third-order valence-electron chi connectivity index (χ3n) is 4.95. The second kappa shape index (κ2) is 9.43. The number of carbonyl (C=O) groups excluding carboxylic acids is 2. The summed E-state index contributed by atoms with van der Waals surface area (Å²) in [5.74, 6) is 1.07. The van der Waals surface area contributed by atoms with E-state index >= 15 is 0 Å². The molecular weight excluding hydrogens is 370 g/mol. The lowest BCUT2D eigenvalue weighted by atomic mass is 10.1. The Bertz CT molecular complexity index is 884. The highest BCUT2D eigenvalue weighted by Gasteiger charge is 2.24. The van der Waals surface area contributed by atoms with E-state index in [-0.39, 0.29) is 18.6 Å². The van der Waals surface area contributed by atoms with Gasteiger partial charge in [-0.2, -0.15) is 0 Å². The molecule has 0 saturated heterocycles. The molecule has 1 atom stereocenters. The number of imide groups is 1. The number of urea groups is 1. The van der Waals surface area contributed by atoms with Gasteiger partial charge in [0.25, 0.3) is 0 Å². The van der Waals surface area contributed by atoms with E-state index in [4.69, 9.17) is 9.47 Å². The molecule has 0 aromatic heterocycles. The smallest absolute Gasteiger partial charge is 0.325 e. The molecular formula is C22H27N3O4. The van der Waals surface area contributed by atoms with Crippen LogP contribution in [-0.4, -0.2) is 49.2 Å². The summed E-state index contributed by atoms with van der Waals surface area (Å²) in [5, 5.41) is 5.12. The predicted molar refractivity (Wildman–Crippen MR) is 112 cm³/mol. The predicted octanol–water partition coefficient (Wildman–Crippen LogP) is 3.11. The van der Waals surface area contributed by atoms with Crippen LogP contribution < -0.4 is 20.1 Å². The lowest BCUT2D eigenvalue weighted by Crippen LogP contribution is -2.46. The zero-order valence-electron chi connectivity index (χ0n) is 17.0. The van der Waals surface area contributed by atoms with Crippen LogP contribution in [0.25, 0.3) is 0 Å². The van der Waals surface area contributed by atoms with E-state index in [1.54, 1.807) is 0 Å². The molecule has 7 nitrogen and oxygen atoms in total. The van der Waals surface area contributed by atoms with Gasteiger partial charge in [-0.1, -0.05) is 31.2 Å². The number of amides is 3. The minimum absolute atomic E-state index is 0.0955. The second-order valence-corrected chi connectivity index (χ2v) is 7.08. The Hall–Kier alpha value is -3.06. The Morgan fingerprint density at radius 2 is 1.86 bits per heavy atom. The van der Waals surface area contributed by atoms with E-state index in [0.717, 1.165) is 16.9 Å². The monoisotopic (exact) mass is 397 g/mol. The third kappa shape index (κ3) is 5.48. The van der Waals surface area contributed by atoms with E-state index < -0.39 is 6.03 Å². The summed E-state index contributed by atoms with van der Waals surface area (Å²) in [4.78, 5) is 26.4. The first kappa shape index (κ1) is 20.7. The Labute approximate surface area is 171 Å². The number of aryl methyl sites for hydroxylation is 1. The highest BCUT2D eigenvalue weighted by Crippen LogP contribution is 2.31. The van der Waals surface area contributed by atoms with Crippen LogP contribution in [0.15, 0.2) is 42.5 Å². The van der Waals surface area contributed by atoms with Crippen LogP contribution >= 0.6 is 0 Å². The summed E-state index contributed by atoms with van der Waals surface area (Å²) in [6, 6.07) is 12.6. The Kier molecular flexibility index (Phi) is 6.72. The lowest BCUT2D eigenvalue weighted by Gasteiger charge is -2.30. The number of fused-ring (bicyclic) bond motifs is 1. The topological polar surface area (TPSA) is 79.9 Å². The van der Waals surface area contributed by atoms with Gasteiger partial charge in [-0.25, -0.2) is 4.79 Å². The molecule has 2 aromatic carbocycles. The summed E-state index contributed by atoms with van der Waals surface area (Å²) in [7, 11) is 0. The highest BCUT2D eigenvalue weighted by molar-refractivity contribution is 6.02. The summed E-state index contributed by atoms with van der Waals surface area (Å²) in [6.07, 6.45) is -0.179. The summed E-state index contributed by atoms with van der Waals surface area (Å²) < 4.78 is 11.7. The van der Waals surface area contributed by atoms with Crippen molar-refractivity contribution in [1.82, 2.24) is 10.2 Å². The van der Waals surface area contributed by atoms with Gasteiger partial charge in [-0.05, 0) is 49.7 Å². The van der Waals surface area contributed by atoms with Crippen molar-refractivity contribution in [2.45, 2.75) is 26.9 Å². The van der Waals surface area contributed by atoms with Gasteiger partial charge in [0.2, 0.25) is 5.91 Å². The SMILES string of the molecule is CCN(CC(=O)NC(=O)Nc1cccc(C)c1C)C[C@@H]1COc2ccccc2O1. The van der Waals surface area contributed by atoms with E-state index in [0.29, 0.717) is 31.1 Å². The largest absolute Gasteiger partial charge is 0.486 e. The number of carbonyl (C=O) groups is 2. The van der Waals surface area contributed by atoms with Gasteiger partial charge in [0.05, 0.1) is 6.54 Å². The average molecular weight is 397 g/mol. The van der Waals surface area contributed by atoms with E-state index in [1.165, 1.54) is 0 Å². The molecule has 0 aliphatic carbocycles. The molecule has 0 radical (unpaired) electrons. The van der Waals surface area contributed by atoms with Crippen LogP contribution in [0.3, 0.4) is 0 Å². The molecule has 3 amide bonds. The number of rotatable bonds is 6. The molecule has 2 aromatic rings. The number of hydrogen-bond donors (Lipinski definition) is 2. The molecule has 0 bridgehead atoms. The van der Waals surface area contributed by atoms with Gasteiger partial charge in [0, 0.05) is 12.2 Å². The first-order chi connectivity index (χ1) is 14.0. The van der Waals surface area contributed by atoms with Crippen LogP contribution in [0.1, 0.15) is 18.1 Å². The maximum Gasteiger partial charge on any atom is 0.325 e. The van der Waals surface area contributed by atoms with Crippen molar-refractivity contribution >= 4 is 17.6 Å². The molecule has 2 N–H and O–H groups in total. The van der Waals surface area contributed by atoms with Gasteiger partial charge in [0.1, 0.15) is 12.7 Å². The standard InChI is InChI=1S/C22H27N3O4/c1-4-25(12-17-14-28-19-10-5-6-11-20(19)29-17)13-21(26)24-22(27)23-18-9-7-8-15(2)16(18)3/h5-11,17H,4,12-14H2,1-3H3,(H2,23,24,26,27)/t17-/m1/s1. The van der Waals surface area contributed by atoms with Crippen molar-refractivity contribution in [3.63, 3.8) is 0 Å². The molecule has 7 heteroatoms. The fourth-order valence-electron chi connectivity index (χ4n) is 3.16. The average Bonchev–Trinajstić information content (AvgIpc) is 2.70. The Morgan fingerprint density at radius 3 is 2.62 bits per heavy atom. The molecule has 29 heavy (non-hydrogen) atoms. The molecule has 0 unspecified atom stereocenters. The van der Waals surface area contributed by atoms with Crippen LogP contribution in [-0.2, 0) is 4.79 Å². The van der Waals surface area contributed by atoms with Crippen molar-refractivity contribution in [3.05, 3.63) is 53.6 Å². The molecule has 1 aliphatic heterocycles. The first-order valence-electron chi connectivity index (χ1n) is 9.74. The summed E-state index contributed by atoms with van der Waals surface area (Å²) in [6.45, 7) is 7.54. The number of hydrogen-bond acceptors (Lipinski definition) is 5. The zero-order valence-corrected chi connectivity index (χ0v) is 17.0. The lowest BCUT2D eigenvalue weighted by molar-refractivity contribution is -0.121. The number of benzene rings is 2. The van der Waals surface area contributed by atoms with Gasteiger partial charge < -0.3 is 14.8 Å². The Morgan fingerprint density at radius 1 is 1.10 bits per heavy atom. The zero-order chi connectivity index (χ0) is 20.8. The van der Waals surface area contributed by atoms with Gasteiger partial charge in [-0.3, -0.25) is 15.0 Å². The van der Waals surface area contributed by atoms with Crippen molar-refractivity contribution < 1.29 is 19.1 Å². The van der Waals surface area contributed by atoms with Crippen LogP contribution in [0.4, 0.5) is 10.5 Å². The van der Waals surface area contributed by atoms with E-state index in [9.17, 15) is 9.59 Å². The first-order valence-corrected chi connectivity index (χ1v) is 9.74. The van der Waals surface area contributed by atoms with Gasteiger partial charge >= 0.3 is 6.03 Å². The van der Waals surface area contributed by atoms with E-state index in [2.05, 4.69) is 10.6 Å². The van der Waals surface area contributed by atoms with E-state index in [1.807, 2.05) is 68.1 Å². The number of anilines is 1.